The molecule has 2 aromatic rings. The van der Waals surface area contributed by atoms with Gasteiger partial charge in [-0.05, 0) is 55.4 Å². The number of nitrogens with zero attached hydrogens (tertiary/aromatic N) is 1. The number of hydrogen-bond donors (Lipinski definition) is 1. The molecule has 1 atom stereocenters. The molecule has 1 aliphatic rings. The van der Waals surface area contributed by atoms with Gasteiger partial charge >= 0.3 is 0 Å². The van der Waals surface area contributed by atoms with E-state index in [2.05, 4.69) is 35.4 Å². The topological polar surface area (TPSA) is 59.1 Å². The van der Waals surface area contributed by atoms with Crippen molar-refractivity contribution in [3.05, 3.63) is 53.3 Å². The summed E-state index contributed by atoms with van der Waals surface area (Å²) in [5.41, 5.74) is 5.82. The lowest BCUT2D eigenvalue weighted by atomic mass is 9.88. The third-order valence-corrected chi connectivity index (χ3v) is 4.97. The van der Waals surface area contributed by atoms with Crippen LogP contribution in [-0.4, -0.2) is 16.8 Å². The fourth-order valence-corrected chi connectivity index (χ4v) is 3.39. The fourth-order valence-electron chi connectivity index (χ4n) is 3.39. The number of benzene rings is 1. The molecule has 0 bridgehead atoms. The molecule has 0 saturated carbocycles. The number of amides is 2. The zero-order valence-corrected chi connectivity index (χ0v) is 14.8. The van der Waals surface area contributed by atoms with Gasteiger partial charge in [-0.25, -0.2) is 0 Å². The van der Waals surface area contributed by atoms with E-state index in [1.54, 1.807) is 0 Å². The second kappa shape index (κ2) is 7.60. The van der Waals surface area contributed by atoms with Crippen molar-refractivity contribution in [2.75, 3.05) is 0 Å². The summed E-state index contributed by atoms with van der Waals surface area (Å²) in [4.78, 5) is 27.8. The summed E-state index contributed by atoms with van der Waals surface area (Å²) in [6.45, 7) is 4.16. The molecule has 1 saturated heterocycles. The third-order valence-electron chi connectivity index (χ3n) is 4.97. The predicted molar refractivity (Wildman–Crippen MR) is 98.0 cm³/mol. The van der Waals surface area contributed by atoms with Crippen LogP contribution in [0.15, 0.2) is 36.5 Å². The van der Waals surface area contributed by atoms with Gasteiger partial charge in [0.15, 0.2) is 0 Å². The first-order valence-electron chi connectivity index (χ1n) is 8.96. The van der Waals surface area contributed by atoms with Crippen molar-refractivity contribution in [1.82, 2.24) is 10.3 Å². The normalized spacial score (nSPS) is 17.4. The molecule has 0 radical (unpaired) electrons. The minimum absolute atomic E-state index is 0.0769. The number of imide groups is 1. The monoisotopic (exact) mass is 336 g/mol. The van der Waals surface area contributed by atoms with Crippen molar-refractivity contribution in [1.29, 1.82) is 0 Å². The number of nitrogens with one attached hydrogen (secondary N) is 1. The van der Waals surface area contributed by atoms with Gasteiger partial charge in [-0.3, -0.25) is 19.9 Å². The molecule has 130 valence electrons. The summed E-state index contributed by atoms with van der Waals surface area (Å²) in [5, 5.41) is 2.45. The molecular weight excluding hydrogens is 312 g/mol. The van der Waals surface area contributed by atoms with Crippen LogP contribution >= 0.6 is 0 Å². The van der Waals surface area contributed by atoms with Crippen LogP contribution in [0.25, 0.3) is 11.1 Å². The Labute approximate surface area is 148 Å². The van der Waals surface area contributed by atoms with Crippen LogP contribution < -0.4 is 5.32 Å². The van der Waals surface area contributed by atoms with E-state index < -0.39 is 0 Å². The Morgan fingerprint density at radius 3 is 2.76 bits per heavy atom. The summed E-state index contributed by atoms with van der Waals surface area (Å²) in [7, 11) is 0. The molecule has 1 fully saturated rings. The van der Waals surface area contributed by atoms with Crippen LogP contribution in [0.4, 0.5) is 0 Å². The van der Waals surface area contributed by atoms with E-state index in [1.165, 1.54) is 22.3 Å². The molecule has 4 nitrogen and oxygen atoms in total. The number of piperidine rings is 1. The third kappa shape index (κ3) is 3.95. The van der Waals surface area contributed by atoms with E-state index in [0.29, 0.717) is 12.8 Å². The highest BCUT2D eigenvalue weighted by Gasteiger charge is 2.26. The number of carbonyl (C=O) groups excluding carboxylic acids is 2. The van der Waals surface area contributed by atoms with Crippen molar-refractivity contribution < 1.29 is 9.59 Å². The summed E-state index contributed by atoms with van der Waals surface area (Å²) >= 11 is 0. The van der Waals surface area contributed by atoms with Crippen molar-refractivity contribution in [2.45, 2.75) is 46.0 Å². The standard InChI is InChI=1S/C21H24N2O2/c1-3-15-12-19(14(2)22-13-15)18-7-5-4-6-16(18)8-9-17-10-11-20(24)23-21(17)25/h4-7,12-13,17H,3,8-11H2,1-2H3,(H,23,24,25). The first-order valence-corrected chi connectivity index (χ1v) is 8.96. The number of carbonyl (C=O) groups is 2. The van der Waals surface area contributed by atoms with Gasteiger partial charge in [0, 0.05) is 29.8 Å². The fraction of sp³-hybridized carbons (Fsp3) is 0.381. The zero-order chi connectivity index (χ0) is 17.8. The lowest BCUT2D eigenvalue weighted by Crippen LogP contribution is -2.40. The Kier molecular flexibility index (Phi) is 5.27. The van der Waals surface area contributed by atoms with Crippen molar-refractivity contribution in [3.63, 3.8) is 0 Å². The van der Waals surface area contributed by atoms with Gasteiger partial charge in [0.05, 0.1) is 0 Å². The Bertz CT molecular complexity index is 798. The van der Waals surface area contributed by atoms with Crippen LogP contribution in [0.2, 0.25) is 0 Å². The summed E-state index contributed by atoms with van der Waals surface area (Å²) in [6.07, 6.45) is 5.57. The highest BCUT2D eigenvalue weighted by molar-refractivity contribution is 5.98. The molecule has 0 aliphatic carbocycles. The summed E-state index contributed by atoms with van der Waals surface area (Å²) < 4.78 is 0. The molecule has 4 heteroatoms. The van der Waals surface area contributed by atoms with E-state index in [9.17, 15) is 9.59 Å². The molecule has 1 unspecified atom stereocenters. The Balaban J connectivity index is 1.82. The summed E-state index contributed by atoms with van der Waals surface area (Å²) in [6, 6.07) is 10.5. The molecular formula is C21H24N2O2. The highest BCUT2D eigenvalue weighted by Crippen LogP contribution is 2.29. The number of aryl methyl sites for hydroxylation is 3. The van der Waals surface area contributed by atoms with Crippen LogP contribution in [0.5, 0.6) is 0 Å². The SMILES string of the molecule is CCc1cnc(C)c(-c2ccccc2CCC2CCC(=O)NC2=O)c1. The molecule has 2 amide bonds. The number of pyridine rings is 1. The van der Waals surface area contributed by atoms with Gasteiger partial charge < -0.3 is 0 Å². The second-order valence-corrected chi connectivity index (χ2v) is 6.67. The van der Waals surface area contributed by atoms with Gasteiger partial charge in [-0.1, -0.05) is 31.2 Å². The van der Waals surface area contributed by atoms with E-state index in [-0.39, 0.29) is 17.7 Å². The smallest absolute Gasteiger partial charge is 0.229 e. The Hall–Kier alpha value is -2.49. The minimum atomic E-state index is -0.153. The zero-order valence-electron chi connectivity index (χ0n) is 14.8. The Morgan fingerprint density at radius 1 is 1.20 bits per heavy atom. The minimum Gasteiger partial charge on any atom is -0.296 e. The van der Waals surface area contributed by atoms with E-state index in [4.69, 9.17) is 0 Å². The van der Waals surface area contributed by atoms with E-state index in [1.807, 2.05) is 25.3 Å². The maximum Gasteiger partial charge on any atom is 0.229 e. The molecule has 3 rings (SSSR count). The maximum atomic E-state index is 12.0. The van der Waals surface area contributed by atoms with Crippen LogP contribution in [0.1, 0.15) is 43.0 Å². The van der Waals surface area contributed by atoms with Crippen molar-refractivity contribution in [3.8, 4) is 11.1 Å². The molecule has 0 spiro atoms. The molecule has 25 heavy (non-hydrogen) atoms. The van der Waals surface area contributed by atoms with Gasteiger partial charge in [0.2, 0.25) is 11.8 Å². The van der Waals surface area contributed by atoms with E-state index >= 15 is 0 Å². The lowest BCUT2D eigenvalue weighted by Gasteiger charge is -2.21. The van der Waals surface area contributed by atoms with Crippen molar-refractivity contribution in [2.24, 2.45) is 5.92 Å². The van der Waals surface area contributed by atoms with E-state index in [0.717, 1.165) is 25.0 Å². The van der Waals surface area contributed by atoms with Crippen molar-refractivity contribution >= 4 is 11.8 Å². The number of hydrogen-bond acceptors (Lipinski definition) is 3. The largest absolute Gasteiger partial charge is 0.296 e. The van der Waals surface area contributed by atoms with Crippen LogP contribution in [0, 0.1) is 12.8 Å². The number of rotatable bonds is 5. The van der Waals surface area contributed by atoms with Gasteiger partial charge in [-0.2, -0.15) is 0 Å². The first kappa shape index (κ1) is 17.3. The number of aromatic nitrogens is 1. The van der Waals surface area contributed by atoms with Gasteiger partial charge in [-0.15, -0.1) is 0 Å². The highest BCUT2D eigenvalue weighted by atomic mass is 16.2. The summed E-state index contributed by atoms with van der Waals surface area (Å²) in [5.74, 6) is -0.355. The maximum absolute atomic E-state index is 12.0. The van der Waals surface area contributed by atoms with Gasteiger partial charge in [0.25, 0.3) is 0 Å². The van der Waals surface area contributed by atoms with Crippen LogP contribution in [0.3, 0.4) is 0 Å². The molecule has 1 aromatic heterocycles. The lowest BCUT2D eigenvalue weighted by molar-refractivity contribution is -0.136. The Morgan fingerprint density at radius 2 is 2.00 bits per heavy atom. The predicted octanol–water partition coefficient (Wildman–Crippen LogP) is 3.60. The molecule has 2 heterocycles. The molecule has 1 aromatic carbocycles. The average molecular weight is 336 g/mol. The second-order valence-electron chi connectivity index (χ2n) is 6.67. The van der Waals surface area contributed by atoms with Crippen LogP contribution in [-0.2, 0) is 22.4 Å². The average Bonchev–Trinajstić information content (AvgIpc) is 2.62. The first-order chi connectivity index (χ1) is 12.1. The quantitative estimate of drug-likeness (QED) is 0.849. The molecule has 1 aliphatic heterocycles. The van der Waals surface area contributed by atoms with Gasteiger partial charge in [0.1, 0.15) is 0 Å². The molecule has 1 N–H and O–H groups in total.